The summed E-state index contributed by atoms with van der Waals surface area (Å²) in [7, 11) is 0. The number of benzene rings is 2. The van der Waals surface area contributed by atoms with Crippen molar-refractivity contribution in [2.45, 2.75) is 50.4 Å². The zero-order chi connectivity index (χ0) is 22.3. The molecule has 2 aliphatic heterocycles. The molecule has 3 heterocycles. The van der Waals surface area contributed by atoms with Crippen LogP contribution in [0.25, 0.3) is 0 Å². The number of rotatable bonds is 8. The van der Waals surface area contributed by atoms with Crippen molar-refractivity contribution in [3.05, 3.63) is 83.5 Å². The average Bonchev–Trinajstić information content (AvgIpc) is 3.36. The van der Waals surface area contributed by atoms with Gasteiger partial charge in [-0.15, -0.1) is 0 Å². The van der Waals surface area contributed by atoms with Gasteiger partial charge in [0.2, 0.25) is 5.89 Å². The van der Waals surface area contributed by atoms with E-state index in [9.17, 15) is 0 Å². The van der Waals surface area contributed by atoms with Crippen LogP contribution in [-0.4, -0.2) is 47.9 Å². The van der Waals surface area contributed by atoms with Crippen LogP contribution in [0.5, 0.6) is 0 Å². The number of piperidine rings is 1. The summed E-state index contributed by atoms with van der Waals surface area (Å²) in [6, 6.07) is 21.9. The van der Waals surface area contributed by atoms with Crippen LogP contribution in [0.2, 0.25) is 0 Å². The molecule has 0 amide bonds. The summed E-state index contributed by atoms with van der Waals surface area (Å²) in [5.74, 6) is 3.21. The van der Waals surface area contributed by atoms with Crippen LogP contribution >= 0.6 is 0 Å². The van der Waals surface area contributed by atoms with Gasteiger partial charge < -0.3 is 14.2 Å². The second-order valence-electron chi connectivity index (χ2n) is 9.58. The van der Waals surface area contributed by atoms with Gasteiger partial charge in [-0.3, -0.25) is 0 Å². The van der Waals surface area contributed by atoms with Crippen LogP contribution in [0.4, 0.5) is 0 Å². The molecular weight excluding hydrogens is 410 g/mol. The number of likely N-dealkylation sites (tertiary alicyclic amines) is 1. The summed E-state index contributed by atoms with van der Waals surface area (Å²) in [6.45, 7) is 5.06. The van der Waals surface area contributed by atoms with E-state index in [4.69, 9.17) is 14.2 Å². The Kier molecular flexibility index (Phi) is 7.49. The standard InChI is InChI=1S/C28H35N3O2/c1-3-7-23(8-4-1)26(24-9-5-2-6-10-24)13-18-31-16-11-22(12-17-31)21-27-29-28(30-33-27)25-14-19-32-20-15-25/h1-10,22,25-26H,11-21H2. The van der Waals surface area contributed by atoms with E-state index in [1.165, 1.54) is 24.0 Å². The summed E-state index contributed by atoms with van der Waals surface area (Å²) >= 11 is 0. The van der Waals surface area contributed by atoms with E-state index in [1.54, 1.807) is 0 Å². The predicted octanol–water partition coefficient (Wildman–Crippen LogP) is 5.44. The normalized spacial score (nSPS) is 18.7. The van der Waals surface area contributed by atoms with E-state index >= 15 is 0 Å². The third-order valence-electron chi connectivity index (χ3n) is 7.38. The summed E-state index contributed by atoms with van der Waals surface area (Å²) in [4.78, 5) is 7.36. The first-order chi connectivity index (χ1) is 16.3. The highest BCUT2D eigenvalue weighted by molar-refractivity contribution is 5.32. The van der Waals surface area contributed by atoms with E-state index in [-0.39, 0.29) is 0 Å². The maximum Gasteiger partial charge on any atom is 0.226 e. The molecule has 1 aromatic heterocycles. The third kappa shape index (κ3) is 5.90. The molecule has 0 N–H and O–H groups in total. The highest BCUT2D eigenvalue weighted by Crippen LogP contribution is 2.30. The highest BCUT2D eigenvalue weighted by atomic mass is 16.5. The molecule has 0 aliphatic carbocycles. The summed E-state index contributed by atoms with van der Waals surface area (Å²) in [5, 5.41) is 4.27. The van der Waals surface area contributed by atoms with Crippen LogP contribution in [0.15, 0.2) is 65.2 Å². The third-order valence-corrected chi connectivity index (χ3v) is 7.38. The fourth-order valence-corrected chi connectivity index (χ4v) is 5.34. The van der Waals surface area contributed by atoms with Crippen molar-refractivity contribution in [1.82, 2.24) is 15.0 Å². The van der Waals surface area contributed by atoms with Gasteiger partial charge in [0.15, 0.2) is 5.82 Å². The van der Waals surface area contributed by atoms with Gasteiger partial charge >= 0.3 is 0 Å². The van der Waals surface area contributed by atoms with Gasteiger partial charge in [0.05, 0.1) is 0 Å². The van der Waals surface area contributed by atoms with Crippen molar-refractivity contribution in [3.63, 3.8) is 0 Å². The number of aromatic nitrogens is 2. The van der Waals surface area contributed by atoms with Crippen molar-refractivity contribution < 1.29 is 9.26 Å². The van der Waals surface area contributed by atoms with Crippen LogP contribution in [-0.2, 0) is 11.2 Å². The van der Waals surface area contributed by atoms with Gasteiger partial charge in [-0.1, -0.05) is 65.8 Å². The average molecular weight is 446 g/mol. The largest absolute Gasteiger partial charge is 0.381 e. The molecule has 2 aromatic carbocycles. The van der Waals surface area contributed by atoms with Crippen LogP contribution in [0.3, 0.4) is 0 Å². The molecule has 2 aliphatic rings. The van der Waals surface area contributed by atoms with Crippen LogP contribution in [0.1, 0.15) is 66.8 Å². The summed E-state index contributed by atoms with van der Waals surface area (Å²) in [6.07, 6.45) is 6.48. The minimum absolute atomic E-state index is 0.403. The maximum absolute atomic E-state index is 5.61. The Labute approximate surface area is 197 Å². The molecule has 3 aromatic rings. The Morgan fingerprint density at radius 1 is 0.848 bits per heavy atom. The Balaban J connectivity index is 1.12. The number of nitrogens with zero attached hydrogens (tertiary/aromatic N) is 3. The molecule has 33 heavy (non-hydrogen) atoms. The predicted molar refractivity (Wildman–Crippen MR) is 129 cm³/mol. The van der Waals surface area contributed by atoms with Crippen molar-refractivity contribution in [2.75, 3.05) is 32.8 Å². The molecule has 0 atom stereocenters. The Morgan fingerprint density at radius 2 is 1.48 bits per heavy atom. The molecule has 0 bridgehead atoms. The molecular formula is C28H35N3O2. The Hall–Kier alpha value is -2.50. The van der Waals surface area contributed by atoms with Gasteiger partial charge in [-0.2, -0.15) is 4.98 Å². The minimum atomic E-state index is 0.403. The van der Waals surface area contributed by atoms with E-state index < -0.39 is 0 Å². The minimum Gasteiger partial charge on any atom is -0.381 e. The molecule has 5 rings (SSSR count). The summed E-state index contributed by atoms with van der Waals surface area (Å²) < 4.78 is 11.1. The summed E-state index contributed by atoms with van der Waals surface area (Å²) in [5.41, 5.74) is 2.82. The smallest absolute Gasteiger partial charge is 0.226 e. The van der Waals surface area contributed by atoms with E-state index in [0.29, 0.717) is 17.8 Å². The van der Waals surface area contributed by atoms with E-state index in [1.807, 2.05) is 0 Å². The number of hydrogen-bond acceptors (Lipinski definition) is 5. The van der Waals surface area contributed by atoms with E-state index in [2.05, 4.69) is 70.7 Å². The van der Waals surface area contributed by atoms with Crippen molar-refractivity contribution >= 4 is 0 Å². The molecule has 5 nitrogen and oxygen atoms in total. The van der Waals surface area contributed by atoms with Crippen molar-refractivity contribution in [3.8, 4) is 0 Å². The number of ether oxygens (including phenoxy) is 1. The van der Waals surface area contributed by atoms with Crippen molar-refractivity contribution in [1.29, 1.82) is 0 Å². The zero-order valence-electron chi connectivity index (χ0n) is 19.4. The Bertz CT molecular complexity index is 922. The molecule has 5 heteroatoms. The van der Waals surface area contributed by atoms with Crippen molar-refractivity contribution in [2.24, 2.45) is 5.92 Å². The van der Waals surface area contributed by atoms with Gasteiger partial charge in [-0.05, 0) is 68.8 Å². The van der Waals surface area contributed by atoms with Gasteiger partial charge in [0, 0.05) is 31.5 Å². The SMILES string of the molecule is c1ccc(C(CCN2CCC(Cc3nc(C4CCOCC4)no3)CC2)c2ccccc2)cc1. The lowest BCUT2D eigenvalue weighted by molar-refractivity contribution is 0.0830. The van der Waals surface area contributed by atoms with Crippen LogP contribution in [0, 0.1) is 5.92 Å². The lowest BCUT2D eigenvalue weighted by Crippen LogP contribution is -2.35. The fourth-order valence-electron chi connectivity index (χ4n) is 5.34. The zero-order valence-corrected chi connectivity index (χ0v) is 19.4. The molecule has 2 saturated heterocycles. The maximum atomic E-state index is 5.61. The second kappa shape index (κ2) is 11.1. The molecule has 0 radical (unpaired) electrons. The lowest BCUT2D eigenvalue weighted by atomic mass is 9.87. The number of hydrogen-bond donors (Lipinski definition) is 0. The van der Waals surface area contributed by atoms with Gasteiger partial charge in [-0.25, -0.2) is 0 Å². The highest BCUT2D eigenvalue weighted by Gasteiger charge is 2.25. The molecule has 174 valence electrons. The first-order valence-electron chi connectivity index (χ1n) is 12.6. The lowest BCUT2D eigenvalue weighted by Gasteiger charge is -2.32. The Morgan fingerprint density at radius 3 is 2.12 bits per heavy atom. The van der Waals surface area contributed by atoms with Gasteiger partial charge in [0.1, 0.15) is 0 Å². The topological polar surface area (TPSA) is 51.4 Å². The molecule has 0 unspecified atom stereocenters. The molecule has 0 saturated carbocycles. The van der Waals surface area contributed by atoms with Gasteiger partial charge in [0.25, 0.3) is 0 Å². The second-order valence-corrected chi connectivity index (χ2v) is 9.58. The quantitative estimate of drug-likeness (QED) is 0.462. The first kappa shape index (κ1) is 22.3. The van der Waals surface area contributed by atoms with Crippen LogP contribution < -0.4 is 0 Å². The monoisotopic (exact) mass is 445 g/mol. The molecule has 0 spiro atoms. The fraction of sp³-hybridized carbons (Fsp3) is 0.500. The first-order valence-corrected chi connectivity index (χ1v) is 12.6. The van der Waals surface area contributed by atoms with E-state index in [0.717, 1.165) is 70.2 Å². The molecule has 2 fully saturated rings.